The molecule has 1 aromatic rings. The Hall–Kier alpha value is -0.160. The first kappa shape index (κ1) is 12.3. The second-order valence-electron chi connectivity index (χ2n) is 3.91. The van der Waals surface area contributed by atoms with Crippen LogP contribution in [0, 0.1) is 11.7 Å². The van der Waals surface area contributed by atoms with Gasteiger partial charge in [-0.2, -0.15) is 0 Å². The maximum Gasteiger partial charge on any atom is 0.147 e. The van der Waals surface area contributed by atoms with Gasteiger partial charge >= 0.3 is 0 Å². The van der Waals surface area contributed by atoms with Crippen molar-refractivity contribution in [1.82, 2.24) is 0 Å². The van der Waals surface area contributed by atoms with Crippen molar-refractivity contribution in [1.29, 1.82) is 0 Å². The molecule has 0 amide bonds. The van der Waals surface area contributed by atoms with Gasteiger partial charge in [0.25, 0.3) is 0 Å². The lowest BCUT2D eigenvalue weighted by Crippen LogP contribution is -2.22. The van der Waals surface area contributed by atoms with Crippen LogP contribution in [0.3, 0.4) is 0 Å². The minimum Gasteiger partial charge on any atom is -0.381 e. The molecule has 2 atom stereocenters. The van der Waals surface area contributed by atoms with Gasteiger partial charge in [-0.3, -0.25) is 0 Å². The van der Waals surface area contributed by atoms with Crippen LogP contribution in [0.1, 0.15) is 18.0 Å². The second kappa shape index (κ2) is 5.00. The van der Waals surface area contributed by atoms with E-state index in [-0.39, 0.29) is 17.0 Å². The van der Waals surface area contributed by atoms with Crippen molar-refractivity contribution in [2.45, 2.75) is 12.5 Å². The first-order chi connectivity index (χ1) is 7.61. The van der Waals surface area contributed by atoms with Crippen LogP contribution in [0.15, 0.2) is 16.6 Å². The summed E-state index contributed by atoms with van der Waals surface area (Å²) in [6.07, 6.45) is 0.869. The molecule has 2 unspecified atom stereocenters. The quantitative estimate of drug-likeness (QED) is 0.851. The van der Waals surface area contributed by atoms with E-state index in [2.05, 4.69) is 15.9 Å². The number of ether oxygens (including phenoxy) is 1. The summed E-state index contributed by atoms with van der Waals surface area (Å²) in [4.78, 5) is 0. The zero-order valence-corrected chi connectivity index (χ0v) is 10.9. The van der Waals surface area contributed by atoms with Crippen molar-refractivity contribution < 1.29 is 9.13 Å². The van der Waals surface area contributed by atoms with Gasteiger partial charge in [-0.1, -0.05) is 17.7 Å². The number of nitrogens with two attached hydrogens (primary N) is 1. The SMILES string of the molecule is NC(c1ccc(Br)c(Cl)c1F)C1CCOC1. The zero-order valence-electron chi connectivity index (χ0n) is 8.55. The molecule has 2 nitrogen and oxygen atoms in total. The Morgan fingerprint density at radius 2 is 2.31 bits per heavy atom. The standard InChI is InChI=1S/C11H12BrClFNO/c12-8-2-1-7(10(14)9(8)13)11(15)6-3-4-16-5-6/h1-2,6,11H,3-5,15H2. The molecule has 0 aliphatic carbocycles. The van der Waals surface area contributed by atoms with Crippen molar-refractivity contribution in [3.63, 3.8) is 0 Å². The fourth-order valence-corrected chi connectivity index (χ4v) is 2.37. The largest absolute Gasteiger partial charge is 0.381 e. The molecule has 2 rings (SSSR count). The first-order valence-electron chi connectivity index (χ1n) is 5.08. The molecule has 16 heavy (non-hydrogen) atoms. The van der Waals surface area contributed by atoms with Crippen molar-refractivity contribution in [2.75, 3.05) is 13.2 Å². The van der Waals surface area contributed by atoms with Crippen LogP contribution < -0.4 is 5.73 Å². The summed E-state index contributed by atoms with van der Waals surface area (Å²) in [7, 11) is 0. The molecule has 88 valence electrons. The van der Waals surface area contributed by atoms with E-state index >= 15 is 0 Å². The van der Waals surface area contributed by atoms with E-state index < -0.39 is 5.82 Å². The molecule has 5 heteroatoms. The average Bonchev–Trinajstić information content (AvgIpc) is 2.79. The molecule has 1 heterocycles. The fourth-order valence-electron chi connectivity index (χ4n) is 1.89. The highest BCUT2D eigenvalue weighted by molar-refractivity contribution is 9.10. The average molecular weight is 309 g/mol. The van der Waals surface area contributed by atoms with Crippen molar-refractivity contribution in [3.8, 4) is 0 Å². The van der Waals surface area contributed by atoms with Crippen LogP contribution in [-0.4, -0.2) is 13.2 Å². The van der Waals surface area contributed by atoms with Crippen LogP contribution in [0.5, 0.6) is 0 Å². The summed E-state index contributed by atoms with van der Waals surface area (Å²) in [5, 5.41) is 0.0897. The molecule has 1 saturated heterocycles. The molecule has 0 saturated carbocycles. The Bertz CT molecular complexity index is 396. The van der Waals surface area contributed by atoms with Gasteiger partial charge < -0.3 is 10.5 Å². The molecule has 0 aromatic heterocycles. The lowest BCUT2D eigenvalue weighted by atomic mass is 9.93. The topological polar surface area (TPSA) is 35.2 Å². The molecular weight excluding hydrogens is 296 g/mol. The number of benzene rings is 1. The van der Waals surface area contributed by atoms with E-state index in [1.807, 2.05) is 0 Å². The maximum atomic E-state index is 13.9. The number of rotatable bonds is 2. The van der Waals surface area contributed by atoms with E-state index in [4.69, 9.17) is 22.1 Å². The van der Waals surface area contributed by atoms with Crippen molar-refractivity contribution in [3.05, 3.63) is 33.0 Å². The molecule has 0 bridgehead atoms. The summed E-state index contributed by atoms with van der Waals surface area (Å²) in [5.74, 6) is -0.262. The van der Waals surface area contributed by atoms with E-state index in [1.54, 1.807) is 12.1 Å². The van der Waals surface area contributed by atoms with Crippen LogP contribution in [-0.2, 0) is 4.74 Å². The summed E-state index contributed by atoms with van der Waals surface area (Å²) in [6.45, 7) is 1.29. The Kier molecular flexibility index (Phi) is 3.85. The minimum absolute atomic E-state index is 0.0897. The summed E-state index contributed by atoms with van der Waals surface area (Å²) in [5.41, 5.74) is 6.49. The number of hydrogen-bond acceptors (Lipinski definition) is 2. The van der Waals surface area contributed by atoms with Crippen molar-refractivity contribution in [2.24, 2.45) is 11.7 Å². The predicted molar refractivity (Wildman–Crippen MR) is 65.0 cm³/mol. The van der Waals surface area contributed by atoms with Gasteiger partial charge in [0.2, 0.25) is 0 Å². The van der Waals surface area contributed by atoms with Gasteiger partial charge in [0.05, 0.1) is 11.6 Å². The second-order valence-corrected chi connectivity index (χ2v) is 5.15. The van der Waals surface area contributed by atoms with Gasteiger partial charge in [0.1, 0.15) is 5.82 Å². The normalized spacial score (nSPS) is 22.4. The third-order valence-electron chi connectivity index (χ3n) is 2.90. The fraction of sp³-hybridized carbons (Fsp3) is 0.455. The number of hydrogen-bond donors (Lipinski definition) is 1. The molecule has 0 radical (unpaired) electrons. The minimum atomic E-state index is -0.435. The molecule has 1 aromatic carbocycles. The van der Waals surface area contributed by atoms with Gasteiger partial charge in [-0.15, -0.1) is 0 Å². The summed E-state index contributed by atoms with van der Waals surface area (Å²) < 4.78 is 19.7. The Balaban J connectivity index is 2.29. The van der Waals surface area contributed by atoms with Gasteiger partial charge in [0.15, 0.2) is 0 Å². The molecule has 1 aliphatic heterocycles. The monoisotopic (exact) mass is 307 g/mol. The highest BCUT2D eigenvalue weighted by Crippen LogP contribution is 2.34. The molecule has 1 aliphatic rings. The van der Waals surface area contributed by atoms with Gasteiger partial charge in [-0.05, 0) is 28.4 Å². The smallest absolute Gasteiger partial charge is 0.147 e. The van der Waals surface area contributed by atoms with Crippen LogP contribution in [0.25, 0.3) is 0 Å². The third-order valence-corrected chi connectivity index (χ3v) is 4.16. The zero-order chi connectivity index (χ0) is 11.7. The van der Waals surface area contributed by atoms with Crippen LogP contribution >= 0.6 is 27.5 Å². The highest BCUT2D eigenvalue weighted by atomic mass is 79.9. The Labute approximate surface area is 107 Å². The third kappa shape index (κ3) is 2.25. The van der Waals surface area contributed by atoms with Gasteiger partial charge in [0, 0.05) is 28.6 Å². The van der Waals surface area contributed by atoms with Crippen LogP contribution in [0.4, 0.5) is 4.39 Å². The molecule has 1 fully saturated rings. The van der Waals surface area contributed by atoms with E-state index in [0.29, 0.717) is 23.2 Å². The van der Waals surface area contributed by atoms with E-state index in [9.17, 15) is 4.39 Å². The first-order valence-corrected chi connectivity index (χ1v) is 6.25. The molecular formula is C11H12BrClFNO. The van der Waals surface area contributed by atoms with Crippen molar-refractivity contribution >= 4 is 27.5 Å². The molecule has 2 N–H and O–H groups in total. The van der Waals surface area contributed by atoms with Gasteiger partial charge in [-0.25, -0.2) is 4.39 Å². The van der Waals surface area contributed by atoms with E-state index in [1.165, 1.54) is 0 Å². The number of halogens is 3. The lowest BCUT2D eigenvalue weighted by Gasteiger charge is -2.19. The van der Waals surface area contributed by atoms with Crippen LogP contribution in [0.2, 0.25) is 5.02 Å². The Morgan fingerprint density at radius 1 is 1.56 bits per heavy atom. The molecule has 0 spiro atoms. The van der Waals surface area contributed by atoms with E-state index in [0.717, 1.165) is 6.42 Å². The maximum absolute atomic E-state index is 13.9. The highest BCUT2D eigenvalue weighted by Gasteiger charge is 2.27. The predicted octanol–water partition coefficient (Wildman–Crippen LogP) is 3.28. The Morgan fingerprint density at radius 3 is 2.94 bits per heavy atom. The lowest BCUT2D eigenvalue weighted by molar-refractivity contribution is 0.180. The summed E-state index contributed by atoms with van der Waals surface area (Å²) in [6, 6.07) is 3.04. The summed E-state index contributed by atoms with van der Waals surface area (Å²) >= 11 is 9.00.